The summed E-state index contributed by atoms with van der Waals surface area (Å²) >= 11 is 7.01. The van der Waals surface area contributed by atoms with E-state index in [1.165, 1.54) is 0 Å². The fourth-order valence-electron chi connectivity index (χ4n) is 1.38. The van der Waals surface area contributed by atoms with Crippen molar-refractivity contribution in [2.24, 2.45) is 0 Å². The Labute approximate surface area is 87.9 Å². The number of aromatic nitrogens is 3. The van der Waals surface area contributed by atoms with Crippen molar-refractivity contribution in [3.63, 3.8) is 0 Å². The lowest BCUT2D eigenvalue weighted by Crippen LogP contribution is -2.12. The molecule has 1 heterocycles. The number of aromatic amines is 1. The van der Waals surface area contributed by atoms with E-state index in [0.717, 1.165) is 22.8 Å². The molecule has 0 aliphatic carbocycles. The first-order valence-corrected chi connectivity index (χ1v) is 6.13. The van der Waals surface area contributed by atoms with Crippen LogP contribution in [0.3, 0.4) is 0 Å². The Balaban J connectivity index is 2.96. The Morgan fingerprint density at radius 1 is 1.69 bits per heavy atom. The van der Waals surface area contributed by atoms with Crippen molar-refractivity contribution in [1.29, 1.82) is 0 Å². The first kappa shape index (κ1) is 10.8. The molecular formula is C8H15N3S2. The molecule has 0 spiro atoms. The van der Waals surface area contributed by atoms with E-state index in [2.05, 4.69) is 27.9 Å². The van der Waals surface area contributed by atoms with Crippen molar-refractivity contribution in [2.45, 2.75) is 26.3 Å². The first-order chi connectivity index (χ1) is 6.20. The first-order valence-electron chi connectivity index (χ1n) is 4.33. The molecular weight excluding hydrogens is 202 g/mol. The number of hydrogen-bond acceptors (Lipinski definition) is 3. The number of nitrogens with one attached hydrogen (secondary N) is 1. The van der Waals surface area contributed by atoms with Crippen LogP contribution in [0.4, 0.5) is 0 Å². The molecule has 0 aromatic carbocycles. The summed E-state index contributed by atoms with van der Waals surface area (Å²) in [6, 6.07) is 0.473. The van der Waals surface area contributed by atoms with Gasteiger partial charge in [0.15, 0.2) is 4.77 Å². The molecule has 0 aliphatic heterocycles. The second-order valence-electron chi connectivity index (χ2n) is 2.96. The molecule has 0 bridgehead atoms. The van der Waals surface area contributed by atoms with Crippen LogP contribution in [0.2, 0.25) is 0 Å². The summed E-state index contributed by atoms with van der Waals surface area (Å²) in [6.45, 7) is 4.16. The Hall–Kier alpha value is -0.290. The number of rotatable bonds is 4. The molecule has 1 atom stereocenters. The average Bonchev–Trinajstić information content (AvgIpc) is 2.43. The van der Waals surface area contributed by atoms with Gasteiger partial charge >= 0.3 is 0 Å². The van der Waals surface area contributed by atoms with Gasteiger partial charge in [0, 0.05) is 11.8 Å². The van der Waals surface area contributed by atoms with Crippen LogP contribution in [0, 0.1) is 11.7 Å². The van der Waals surface area contributed by atoms with Gasteiger partial charge in [-0.2, -0.15) is 16.9 Å². The van der Waals surface area contributed by atoms with Gasteiger partial charge in [-0.1, -0.05) is 6.92 Å². The lowest BCUT2D eigenvalue weighted by Gasteiger charge is -2.15. The van der Waals surface area contributed by atoms with Gasteiger partial charge < -0.3 is 4.57 Å². The van der Waals surface area contributed by atoms with E-state index in [1.54, 1.807) is 0 Å². The van der Waals surface area contributed by atoms with Crippen LogP contribution in [0.25, 0.3) is 0 Å². The van der Waals surface area contributed by atoms with Crippen molar-refractivity contribution in [3.05, 3.63) is 10.6 Å². The van der Waals surface area contributed by atoms with Gasteiger partial charge in [0.25, 0.3) is 0 Å². The molecule has 1 unspecified atom stereocenters. The highest BCUT2D eigenvalue weighted by molar-refractivity contribution is 7.98. The predicted octanol–water partition coefficient (Wildman–Crippen LogP) is 2.56. The summed E-state index contributed by atoms with van der Waals surface area (Å²) in [6.07, 6.45) is 3.21. The second-order valence-corrected chi connectivity index (χ2v) is 4.26. The van der Waals surface area contributed by atoms with E-state index in [-0.39, 0.29) is 0 Å². The van der Waals surface area contributed by atoms with E-state index >= 15 is 0 Å². The van der Waals surface area contributed by atoms with E-state index in [4.69, 9.17) is 12.2 Å². The van der Waals surface area contributed by atoms with E-state index in [0.29, 0.717) is 6.04 Å². The van der Waals surface area contributed by atoms with Crippen molar-refractivity contribution >= 4 is 24.0 Å². The van der Waals surface area contributed by atoms with Gasteiger partial charge in [-0.25, -0.2) is 0 Å². The van der Waals surface area contributed by atoms with Gasteiger partial charge in [0.2, 0.25) is 0 Å². The SMILES string of the molecule is CCC(CSC)n1c(C)n[nH]c1=S. The third kappa shape index (κ3) is 2.34. The zero-order valence-electron chi connectivity index (χ0n) is 8.20. The molecule has 0 saturated carbocycles. The lowest BCUT2D eigenvalue weighted by atomic mass is 10.2. The van der Waals surface area contributed by atoms with E-state index < -0.39 is 0 Å². The molecule has 1 aromatic rings. The molecule has 74 valence electrons. The molecule has 1 N–H and O–H groups in total. The van der Waals surface area contributed by atoms with Gasteiger partial charge in [0.05, 0.1) is 0 Å². The fourth-order valence-corrected chi connectivity index (χ4v) is 2.48. The zero-order chi connectivity index (χ0) is 9.84. The number of thioether (sulfide) groups is 1. The molecule has 0 radical (unpaired) electrons. The Morgan fingerprint density at radius 3 is 2.77 bits per heavy atom. The maximum absolute atomic E-state index is 5.17. The van der Waals surface area contributed by atoms with Crippen LogP contribution in [-0.2, 0) is 0 Å². The number of aryl methyl sites for hydroxylation is 1. The number of nitrogens with zero attached hydrogens (tertiary/aromatic N) is 2. The maximum atomic E-state index is 5.17. The Bertz CT molecular complexity index is 315. The third-order valence-electron chi connectivity index (χ3n) is 2.08. The molecule has 13 heavy (non-hydrogen) atoms. The molecule has 0 saturated heterocycles. The van der Waals surface area contributed by atoms with E-state index in [9.17, 15) is 0 Å². The highest BCUT2D eigenvalue weighted by atomic mass is 32.2. The van der Waals surface area contributed by atoms with Crippen LogP contribution in [-0.4, -0.2) is 26.8 Å². The molecule has 5 heteroatoms. The minimum Gasteiger partial charge on any atom is -0.300 e. The summed E-state index contributed by atoms with van der Waals surface area (Å²) in [5.41, 5.74) is 0. The van der Waals surface area contributed by atoms with Crippen molar-refractivity contribution in [3.8, 4) is 0 Å². The van der Waals surface area contributed by atoms with Crippen LogP contribution in [0.1, 0.15) is 25.2 Å². The Morgan fingerprint density at radius 2 is 2.38 bits per heavy atom. The third-order valence-corrected chi connectivity index (χ3v) is 3.08. The smallest absolute Gasteiger partial charge is 0.195 e. The summed E-state index contributed by atoms with van der Waals surface area (Å²) in [5, 5.41) is 6.92. The maximum Gasteiger partial charge on any atom is 0.195 e. The molecule has 3 nitrogen and oxygen atoms in total. The summed E-state index contributed by atoms with van der Waals surface area (Å²) < 4.78 is 2.84. The zero-order valence-corrected chi connectivity index (χ0v) is 9.84. The van der Waals surface area contributed by atoms with Crippen molar-refractivity contribution in [2.75, 3.05) is 12.0 Å². The predicted molar refractivity (Wildman–Crippen MR) is 59.9 cm³/mol. The van der Waals surface area contributed by atoms with Crippen molar-refractivity contribution < 1.29 is 0 Å². The highest BCUT2D eigenvalue weighted by Gasteiger charge is 2.11. The summed E-state index contributed by atoms with van der Waals surface area (Å²) in [4.78, 5) is 0. The summed E-state index contributed by atoms with van der Waals surface area (Å²) in [7, 11) is 0. The van der Waals surface area contributed by atoms with Crippen LogP contribution in [0.5, 0.6) is 0 Å². The molecule has 0 fully saturated rings. The largest absolute Gasteiger partial charge is 0.300 e. The average molecular weight is 217 g/mol. The standard InChI is InChI=1S/C8H15N3S2/c1-4-7(5-13-3)11-6(2)9-10-8(11)12/h7H,4-5H2,1-3H3,(H,10,12). The van der Waals surface area contributed by atoms with Crippen molar-refractivity contribution in [1.82, 2.24) is 14.8 Å². The normalized spacial score (nSPS) is 13.2. The quantitative estimate of drug-likeness (QED) is 0.787. The minimum atomic E-state index is 0.473. The molecule has 1 rings (SSSR count). The molecule has 0 aliphatic rings. The number of H-pyrrole nitrogens is 1. The van der Waals surface area contributed by atoms with E-state index in [1.807, 2.05) is 18.7 Å². The van der Waals surface area contributed by atoms with Gasteiger partial charge in [-0.05, 0) is 31.8 Å². The van der Waals surface area contributed by atoms with Gasteiger partial charge in [-0.3, -0.25) is 5.10 Å². The monoisotopic (exact) mass is 217 g/mol. The molecule has 1 aromatic heterocycles. The van der Waals surface area contributed by atoms with Crippen LogP contribution >= 0.6 is 24.0 Å². The van der Waals surface area contributed by atoms with Gasteiger partial charge in [-0.15, -0.1) is 0 Å². The topological polar surface area (TPSA) is 33.6 Å². The Kier molecular flexibility index (Phi) is 3.99. The fraction of sp³-hybridized carbons (Fsp3) is 0.750. The van der Waals surface area contributed by atoms with Crippen LogP contribution in [0.15, 0.2) is 0 Å². The highest BCUT2D eigenvalue weighted by Crippen LogP contribution is 2.17. The van der Waals surface area contributed by atoms with Crippen LogP contribution < -0.4 is 0 Å². The van der Waals surface area contributed by atoms with Gasteiger partial charge in [0.1, 0.15) is 5.82 Å². The number of hydrogen-bond donors (Lipinski definition) is 1. The minimum absolute atomic E-state index is 0.473. The second kappa shape index (κ2) is 4.81. The lowest BCUT2D eigenvalue weighted by molar-refractivity contribution is 0.520. The summed E-state index contributed by atoms with van der Waals surface area (Å²) in [5.74, 6) is 2.07. The molecule has 0 amide bonds.